The van der Waals surface area contributed by atoms with Gasteiger partial charge in [0.25, 0.3) is 5.56 Å². The van der Waals surface area contributed by atoms with Crippen LogP contribution in [-0.2, 0) is 30.5 Å². The number of hydrogen-bond donors (Lipinski definition) is 2. The molecule has 0 radical (unpaired) electrons. The minimum absolute atomic E-state index is 0.0160. The Morgan fingerprint density at radius 2 is 1.80 bits per heavy atom. The number of carboxylic acids is 1. The lowest BCUT2D eigenvalue weighted by molar-refractivity contribution is -0.139. The van der Waals surface area contributed by atoms with Crippen molar-refractivity contribution in [2.24, 2.45) is 0 Å². The molecule has 0 aliphatic carbocycles. The summed E-state index contributed by atoms with van der Waals surface area (Å²) in [5, 5.41) is 12.2. The van der Waals surface area contributed by atoms with E-state index in [4.69, 9.17) is 9.84 Å². The second kappa shape index (κ2) is 12.5. The fourth-order valence-electron chi connectivity index (χ4n) is 5.56. The molecule has 5 rings (SSSR count). The van der Waals surface area contributed by atoms with Gasteiger partial charge in [-0.15, -0.1) is 0 Å². The number of alkyl halides is 3. The van der Waals surface area contributed by atoms with Crippen LogP contribution in [0.5, 0.6) is 5.75 Å². The predicted molar refractivity (Wildman–Crippen MR) is 154 cm³/mol. The number of halogens is 4. The summed E-state index contributed by atoms with van der Waals surface area (Å²) in [6, 6.07) is 15.9. The highest BCUT2D eigenvalue weighted by Gasteiger charge is 2.35. The zero-order valence-corrected chi connectivity index (χ0v) is 23.7. The van der Waals surface area contributed by atoms with Crippen LogP contribution in [0.25, 0.3) is 11.1 Å². The highest BCUT2D eigenvalue weighted by atomic mass is 19.4. The molecule has 4 aromatic rings. The Morgan fingerprint density at radius 1 is 1.05 bits per heavy atom. The Balaban J connectivity index is 1.68. The molecule has 1 aliphatic heterocycles. The van der Waals surface area contributed by atoms with Crippen molar-refractivity contribution < 1.29 is 32.2 Å². The van der Waals surface area contributed by atoms with E-state index in [2.05, 4.69) is 5.32 Å². The van der Waals surface area contributed by atoms with Crippen molar-refractivity contribution >= 4 is 5.97 Å². The van der Waals surface area contributed by atoms with Crippen molar-refractivity contribution in [2.75, 3.05) is 13.2 Å². The maximum Gasteiger partial charge on any atom is 0.416 e. The standard InChI is InChI=1S/C32H29F4N3O5/c1-19-29(21-7-4-8-22(16-21)44-15-13-28(40)41)30(42)39(18-27-23-9-3-2-6-20(23)12-14-37-27)31(43)38(19)17-24-25(32(34,35)36)10-5-11-26(24)33/h2-11,16,27,37H,12-15,17-18H2,1H3,(H,40,41)/t27-/m0/s1. The molecule has 12 heteroatoms. The number of ether oxygens (including phenoxy) is 1. The van der Waals surface area contributed by atoms with Crippen molar-refractivity contribution in [1.29, 1.82) is 0 Å². The zero-order chi connectivity index (χ0) is 31.6. The Kier molecular flexibility index (Phi) is 8.73. The van der Waals surface area contributed by atoms with Gasteiger partial charge >= 0.3 is 17.8 Å². The van der Waals surface area contributed by atoms with Crippen molar-refractivity contribution in [3.8, 4) is 16.9 Å². The van der Waals surface area contributed by atoms with E-state index in [-0.39, 0.29) is 36.6 Å². The molecule has 230 valence electrons. The van der Waals surface area contributed by atoms with E-state index in [0.29, 0.717) is 12.1 Å². The van der Waals surface area contributed by atoms with Gasteiger partial charge in [0.15, 0.2) is 0 Å². The Bertz CT molecular complexity index is 1830. The maximum absolute atomic E-state index is 14.9. The van der Waals surface area contributed by atoms with E-state index >= 15 is 0 Å². The van der Waals surface area contributed by atoms with Crippen LogP contribution in [0.2, 0.25) is 0 Å². The summed E-state index contributed by atoms with van der Waals surface area (Å²) in [5.74, 6) is -1.94. The van der Waals surface area contributed by atoms with E-state index in [1.807, 2.05) is 24.3 Å². The third-order valence-electron chi connectivity index (χ3n) is 7.72. The molecule has 0 unspecified atom stereocenters. The summed E-state index contributed by atoms with van der Waals surface area (Å²) in [7, 11) is 0. The van der Waals surface area contributed by atoms with Crippen LogP contribution in [-0.4, -0.2) is 33.4 Å². The average Bonchev–Trinajstić information content (AvgIpc) is 2.98. The number of nitrogens with one attached hydrogen (secondary N) is 1. The number of fused-ring (bicyclic) bond motifs is 1. The van der Waals surface area contributed by atoms with Crippen LogP contribution in [0.15, 0.2) is 76.3 Å². The quantitative estimate of drug-likeness (QED) is 0.260. The molecule has 2 heterocycles. The summed E-state index contributed by atoms with van der Waals surface area (Å²) in [6.45, 7) is 0.969. The monoisotopic (exact) mass is 611 g/mol. The average molecular weight is 612 g/mol. The van der Waals surface area contributed by atoms with Crippen molar-refractivity contribution in [2.45, 2.75) is 45.1 Å². The molecule has 2 N–H and O–H groups in total. The van der Waals surface area contributed by atoms with Gasteiger partial charge in [0.05, 0.1) is 43.3 Å². The summed E-state index contributed by atoms with van der Waals surface area (Å²) in [4.78, 5) is 38.9. The molecule has 0 saturated carbocycles. The van der Waals surface area contributed by atoms with Crippen LogP contribution in [0, 0.1) is 12.7 Å². The third kappa shape index (κ3) is 6.30. The van der Waals surface area contributed by atoms with Crippen LogP contribution in [0.3, 0.4) is 0 Å². The molecule has 0 spiro atoms. The van der Waals surface area contributed by atoms with E-state index in [9.17, 15) is 31.9 Å². The molecule has 44 heavy (non-hydrogen) atoms. The SMILES string of the molecule is Cc1c(-c2cccc(OCCC(=O)O)c2)c(=O)n(C[C@@H]2NCCc3ccccc32)c(=O)n1Cc1c(F)cccc1C(F)(F)F. The number of rotatable bonds is 9. The number of hydrogen-bond acceptors (Lipinski definition) is 5. The van der Waals surface area contributed by atoms with Gasteiger partial charge < -0.3 is 15.2 Å². The third-order valence-corrected chi connectivity index (χ3v) is 7.72. The summed E-state index contributed by atoms with van der Waals surface area (Å²) < 4.78 is 64.1. The second-order valence-electron chi connectivity index (χ2n) is 10.5. The lowest BCUT2D eigenvalue weighted by Crippen LogP contribution is -2.45. The first kappa shape index (κ1) is 30.7. The lowest BCUT2D eigenvalue weighted by Gasteiger charge is -2.28. The smallest absolute Gasteiger partial charge is 0.416 e. The summed E-state index contributed by atoms with van der Waals surface area (Å²) in [5.41, 5.74) is -1.23. The summed E-state index contributed by atoms with van der Waals surface area (Å²) >= 11 is 0. The van der Waals surface area contributed by atoms with E-state index in [0.717, 1.165) is 44.9 Å². The fraction of sp³-hybridized carbons (Fsp3) is 0.281. The molecule has 3 aromatic carbocycles. The Hall–Kier alpha value is -4.71. The second-order valence-corrected chi connectivity index (χ2v) is 10.5. The largest absolute Gasteiger partial charge is 0.493 e. The Morgan fingerprint density at radius 3 is 2.55 bits per heavy atom. The van der Waals surface area contributed by atoms with Gasteiger partial charge in [-0.25, -0.2) is 9.18 Å². The first-order valence-corrected chi connectivity index (χ1v) is 13.9. The van der Waals surface area contributed by atoms with Crippen LogP contribution in [0.4, 0.5) is 17.6 Å². The molecular formula is C32H29F4N3O5. The van der Waals surface area contributed by atoms with Gasteiger partial charge in [-0.1, -0.05) is 42.5 Å². The maximum atomic E-state index is 14.9. The van der Waals surface area contributed by atoms with Gasteiger partial charge in [0.2, 0.25) is 0 Å². The Labute approximate surface area is 249 Å². The topological polar surface area (TPSA) is 103 Å². The number of aliphatic carboxylic acids is 1. The minimum atomic E-state index is -4.89. The fourth-order valence-corrected chi connectivity index (χ4v) is 5.56. The van der Waals surface area contributed by atoms with Crippen molar-refractivity contribution in [3.63, 3.8) is 0 Å². The molecular weight excluding hydrogens is 582 g/mol. The van der Waals surface area contributed by atoms with Crippen molar-refractivity contribution in [1.82, 2.24) is 14.5 Å². The van der Waals surface area contributed by atoms with E-state index < -0.39 is 52.9 Å². The van der Waals surface area contributed by atoms with Crippen LogP contribution in [0.1, 0.15) is 40.4 Å². The molecule has 1 atom stereocenters. The van der Waals surface area contributed by atoms with Crippen LogP contribution >= 0.6 is 0 Å². The molecule has 1 aliphatic rings. The molecule has 0 fully saturated rings. The van der Waals surface area contributed by atoms with Gasteiger partial charge in [-0.05, 0) is 60.8 Å². The number of carboxylic acid groups (broad SMARTS) is 1. The van der Waals surface area contributed by atoms with Crippen molar-refractivity contribution in [3.05, 3.63) is 121 Å². The number of carbonyl (C=O) groups is 1. The molecule has 1 aromatic heterocycles. The van der Waals surface area contributed by atoms with E-state index in [1.165, 1.54) is 13.0 Å². The zero-order valence-electron chi connectivity index (χ0n) is 23.7. The van der Waals surface area contributed by atoms with Gasteiger partial charge in [-0.3, -0.25) is 18.7 Å². The lowest BCUT2D eigenvalue weighted by atomic mass is 9.94. The first-order valence-electron chi connectivity index (χ1n) is 13.9. The first-order chi connectivity index (χ1) is 21.0. The number of benzene rings is 3. The van der Waals surface area contributed by atoms with Gasteiger partial charge in [-0.2, -0.15) is 13.2 Å². The molecule has 8 nitrogen and oxygen atoms in total. The number of nitrogens with zero attached hydrogens (tertiary/aromatic N) is 2. The van der Waals surface area contributed by atoms with Gasteiger partial charge in [0.1, 0.15) is 11.6 Å². The van der Waals surface area contributed by atoms with Crippen LogP contribution < -0.4 is 21.3 Å². The molecule has 0 saturated heterocycles. The van der Waals surface area contributed by atoms with Gasteiger partial charge in [0, 0.05) is 11.3 Å². The molecule has 0 bridgehead atoms. The highest BCUT2D eigenvalue weighted by molar-refractivity contribution is 5.67. The van der Waals surface area contributed by atoms with E-state index in [1.54, 1.807) is 18.2 Å². The number of aromatic nitrogens is 2. The predicted octanol–water partition coefficient (Wildman–Crippen LogP) is 4.93. The summed E-state index contributed by atoms with van der Waals surface area (Å²) in [6.07, 6.45) is -4.41. The highest BCUT2D eigenvalue weighted by Crippen LogP contribution is 2.34. The minimum Gasteiger partial charge on any atom is -0.493 e. The normalized spacial score (nSPS) is 14.7. The molecule has 0 amide bonds.